The number of methoxy groups -OCH3 is 1. The number of benzene rings is 1. The van der Waals surface area contributed by atoms with Crippen molar-refractivity contribution >= 4 is 22.6 Å². The number of H-pyrrole nitrogens is 2. The number of rotatable bonds is 10. The minimum atomic E-state index is -0.678. The van der Waals surface area contributed by atoms with Crippen LogP contribution in [0.3, 0.4) is 0 Å². The zero-order valence-corrected chi connectivity index (χ0v) is 18.9. The lowest BCUT2D eigenvalue weighted by Crippen LogP contribution is -2.40. The summed E-state index contributed by atoms with van der Waals surface area (Å²) in [6.45, 7) is 4.03. The molecule has 0 fully saturated rings. The Morgan fingerprint density at radius 2 is 2.09 bits per heavy atom. The van der Waals surface area contributed by atoms with Gasteiger partial charge in [0, 0.05) is 29.7 Å². The number of fused-ring (bicyclic) bond motifs is 1. The highest BCUT2D eigenvalue weighted by atomic mass is 16.5. The van der Waals surface area contributed by atoms with Gasteiger partial charge in [0.25, 0.3) is 0 Å². The lowest BCUT2D eigenvalue weighted by molar-refractivity contribution is -0.670. The van der Waals surface area contributed by atoms with E-state index in [0.717, 1.165) is 16.6 Å². The van der Waals surface area contributed by atoms with Gasteiger partial charge in [0.2, 0.25) is 12.2 Å². The Kier molecular flexibility index (Phi) is 7.31. The van der Waals surface area contributed by atoms with Crippen LogP contribution >= 0.6 is 0 Å². The summed E-state index contributed by atoms with van der Waals surface area (Å²) in [7, 11) is 3.47. The van der Waals surface area contributed by atoms with Crippen molar-refractivity contribution in [3.05, 3.63) is 48.2 Å². The van der Waals surface area contributed by atoms with Gasteiger partial charge in [-0.05, 0) is 30.5 Å². The van der Waals surface area contributed by atoms with Gasteiger partial charge in [-0.1, -0.05) is 19.9 Å². The van der Waals surface area contributed by atoms with Crippen molar-refractivity contribution in [2.75, 3.05) is 7.11 Å². The molecule has 168 valence electrons. The first kappa shape index (κ1) is 23.1. The fourth-order valence-corrected chi connectivity index (χ4v) is 3.90. The molecule has 3 rings (SSSR count). The minimum absolute atomic E-state index is 0.0642. The summed E-state index contributed by atoms with van der Waals surface area (Å²) in [6, 6.07) is 8.81. The molecule has 0 bridgehead atoms. The fourth-order valence-electron chi connectivity index (χ4n) is 3.90. The van der Waals surface area contributed by atoms with Crippen molar-refractivity contribution < 1.29 is 18.9 Å². The zero-order valence-electron chi connectivity index (χ0n) is 18.9. The van der Waals surface area contributed by atoms with Gasteiger partial charge in [0.05, 0.1) is 25.9 Å². The van der Waals surface area contributed by atoms with E-state index >= 15 is 0 Å². The molecule has 2 aromatic heterocycles. The maximum Gasteiger partial charge on any atom is 0.241 e. The normalized spacial score (nSPS) is 13.0. The van der Waals surface area contributed by atoms with E-state index in [4.69, 9.17) is 4.74 Å². The van der Waals surface area contributed by atoms with Crippen LogP contribution in [0.15, 0.2) is 36.8 Å². The van der Waals surface area contributed by atoms with Gasteiger partial charge in [-0.2, -0.15) is 5.26 Å². The number of aryl methyl sites for hydroxylation is 1. The largest absolute Gasteiger partial charge is 0.496 e. The maximum atomic E-state index is 13.0. The molecule has 0 aliphatic rings. The highest BCUT2D eigenvalue weighted by Crippen LogP contribution is 2.27. The summed E-state index contributed by atoms with van der Waals surface area (Å²) in [6.07, 6.45) is 4.63. The van der Waals surface area contributed by atoms with Crippen molar-refractivity contribution in [3.63, 3.8) is 0 Å². The molecule has 1 aromatic carbocycles. The Hall–Kier alpha value is -3.60. The third-order valence-electron chi connectivity index (χ3n) is 5.41. The van der Waals surface area contributed by atoms with Gasteiger partial charge in [-0.15, -0.1) is 0 Å². The van der Waals surface area contributed by atoms with Crippen LogP contribution in [0, 0.1) is 23.2 Å². The van der Waals surface area contributed by atoms with E-state index < -0.39 is 12.0 Å². The van der Waals surface area contributed by atoms with Crippen molar-refractivity contribution in [1.29, 1.82) is 5.26 Å². The van der Waals surface area contributed by atoms with E-state index in [1.165, 1.54) is 0 Å². The Balaban J connectivity index is 1.73. The first-order valence-electron chi connectivity index (χ1n) is 10.7. The Bertz CT molecular complexity index is 1140. The molecule has 0 radical (unpaired) electrons. The number of Topliss-reactive ketones (excluding diaryl/α,β-unsaturated/α-hetero) is 1. The van der Waals surface area contributed by atoms with Gasteiger partial charge >= 0.3 is 0 Å². The third-order valence-corrected chi connectivity index (χ3v) is 5.41. The minimum Gasteiger partial charge on any atom is -0.496 e. The molecular formula is C24H30N5O3+. The Labute approximate surface area is 187 Å². The van der Waals surface area contributed by atoms with Crippen LogP contribution in [0.4, 0.5) is 0 Å². The molecule has 3 aromatic rings. The van der Waals surface area contributed by atoms with Gasteiger partial charge in [0.1, 0.15) is 23.7 Å². The molecule has 2 atom stereocenters. The molecule has 3 N–H and O–H groups in total. The maximum absolute atomic E-state index is 13.0. The summed E-state index contributed by atoms with van der Waals surface area (Å²) in [5.41, 5.74) is 2.10. The number of nitrogens with zero attached hydrogens (tertiary/aromatic N) is 2. The topological polar surface area (TPSA) is 115 Å². The number of hydrogen-bond acceptors (Lipinski definition) is 4. The first-order chi connectivity index (χ1) is 15.3. The second-order valence-electron chi connectivity index (χ2n) is 8.55. The number of aromatic nitrogens is 3. The number of aromatic amines is 2. The van der Waals surface area contributed by atoms with Crippen molar-refractivity contribution in [1.82, 2.24) is 15.3 Å². The summed E-state index contributed by atoms with van der Waals surface area (Å²) < 4.78 is 7.22. The molecule has 0 aliphatic carbocycles. The van der Waals surface area contributed by atoms with Crippen LogP contribution in [0.5, 0.6) is 5.75 Å². The average molecular weight is 437 g/mol. The number of nitrogens with one attached hydrogen (secondary N) is 3. The number of carbonyl (C=O) groups is 2. The van der Waals surface area contributed by atoms with Gasteiger partial charge < -0.3 is 15.0 Å². The van der Waals surface area contributed by atoms with Crippen LogP contribution < -0.4 is 14.6 Å². The van der Waals surface area contributed by atoms with Gasteiger partial charge in [0.15, 0.2) is 5.78 Å². The molecule has 2 heterocycles. The highest BCUT2D eigenvalue weighted by Gasteiger charge is 2.27. The molecule has 0 unspecified atom stereocenters. The van der Waals surface area contributed by atoms with Crippen LogP contribution in [-0.2, 0) is 18.3 Å². The number of carbonyl (C=O) groups excluding carboxylic acids is 2. The predicted molar refractivity (Wildman–Crippen MR) is 120 cm³/mol. The first-order valence-corrected chi connectivity index (χ1v) is 10.7. The van der Waals surface area contributed by atoms with Crippen LogP contribution in [0.25, 0.3) is 10.9 Å². The molecule has 0 saturated carbocycles. The monoisotopic (exact) mass is 436 g/mol. The van der Waals surface area contributed by atoms with Gasteiger partial charge in [-0.25, -0.2) is 9.55 Å². The van der Waals surface area contributed by atoms with E-state index in [1.807, 2.05) is 49.9 Å². The molecule has 8 heteroatoms. The van der Waals surface area contributed by atoms with E-state index in [9.17, 15) is 14.9 Å². The molecule has 0 saturated heterocycles. The van der Waals surface area contributed by atoms with Crippen LogP contribution in [-0.4, -0.2) is 34.8 Å². The summed E-state index contributed by atoms with van der Waals surface area (Å²) >= 11 is 0. The third kappa shape index (κ3) is 5.55. The van der Waals surface area contributed by atoms with Crippen molar-refractivity contribution in [2.24, 2.45) is 18.9 Å². The second kappa shape index (κ2) is 10.1. The molecular weight excluding hydrogens is 406 g/mol. The van der Waals surface area contributed by atoms with Crippen LogP contribution in [0.2, 0.25) is 0 Å². The smallest absolute Gasteiger partial charge is 0.241 e. The van der Waals surface area contributed by atoms with E-state index in [0.29, 0.717) is 24.3 Å². The predicted octanol–water partition coefficient (Wildman–Crippen LogP) is 2.82. The Morgan fingerprint density at radius 3 is 2.72 bits per heavy atom. The SMILES string of the molecule is COc1cccc2[nH]c(C(=O)C[C@@H](CC(C)C)C(=O)N[C@H](C#N)Cc3c[n+](C)c[nH]3)cc12. The van der Waals surface area contributed by atoms with E-state index in [1.54, 1.807) is 19.5 Å². The number of amides is 1. The quantitative estimate of drug-likeness (QED) is 0.335. The number of ketones is 1. The number of imidazole rings is 1. The molecule has 0 aliphatic heterocycles. The van der Waals surface area contributed by atoms with Crippen LogP contribution in [0.1, 0.15) is 42.9 Å². The second-order valence-corrected chi connectivity index (χ2v) is 8.55. The van der Waals surface area contributed by atoms with Gasteiger partial charge in [-0.3, -0.25) is 9.59 Å². The van der Waals surface area contributed by atoms with Crippen molar-refractivity contribution in [3.8, 4) is 11.8 Å². The zero-order chi connectivity index (χ0) is 23.3. The summed E-state index contributed by atoms with van der Waals surface area (Å²) in [5.74, 6) is -0.0308. The summed E-state index contributed by atoms with van der Waals surface area (Å²) in [5, 5.41) is 13.2. The average Bonchev–Trinajstić information content (AvgIpc) is 3.38. The highest BCUT2D eigenvalue weighted by molar-refractivity contribution is 6.02. The molecule has 32 heavy (non-hydrogen) atoms. The van der Waals surface area contributed by atoms with Crippen molar-refractivity contribution in [2.45, 2.75) is 39.2 Å². The molecule has 0 spiro atoms. The number of hydrogen-bond donors (Lipinski definition) is 3. The number of nitriles is 1. The molecule has 1 amide bonds. The number of ether oxygens (including phenoxy) is 1. The standard InChI is InChI=1S/C24H29N5O3/c1-15(2)8-16(24(31)27-17(12-25)10-18-13-29(3)14-26-18)9-22(30)21-11-19-20(28-21)6-5-7-23(19)32-4/h5-7,11,13-17H,8-10H2,1-4H3,(H2,27,28,30,31)/p+1/t16-,17+/m1/s1. The summed E-state index contributed by atoms with van der Waals surface area (Å²) in [4.78, 5) is 32.3. The lowest BCUT2D eigenvalue weighted by Gasteiger charge is -2.19. The molecule has 8 nitrogen and oxygen atoms in total. The van der Waals surface area contributed by atoms with E-state index in [2.05, 4.69) is 21.4 Å². The van der Waals surface area contributed by atoms with E-state index in [-0.39, 0.29) is 24.0 Å². The lowest BCUT2D eigenvalue weighted by atomic mass is 9.90. The Morgan fingerprint density at radius 1 is 1.31 bits per heavy atom. The fraction of sp³-hybridized carbons (Fsp3) is 0.417.